The minimum Gasteiger partial charge on any atom is -0.494 e. The number of nitrogens with zero attached hydrogens (tertiary/aromatic N) is 8. The van der Waals surface area contributed by atoms with E-state index in [2.05, 4.69) is 28.9 Å². The van der Waals surface area contributed by atoms with Crippen LogP contribution < -0.4 is 4.74 Å². The minimum absolute atomic E-state index is 0.124. The highest BCUT2D eigenvalue weighted by atomic mass is 16.5. The van der Waals surface area contributed by atoms with Gasteiger partial charge in [0.05, 0.1) is 31.6 Å². The van der Waals surface area contributed by atoms with Gasteiger partial charge in [-0.25, -0.2) is 4.52 Å². The van der Waals surface area contributed by atoms with Gasteiger partial charge in [-0.3, -0.25) is 14.3 Å². The van der Waals surface area contributed by atoms with Crippen molar-refractivity contribution in [2.75, 3.05) is 33.3 Å². The van der Waals surface area contributed by atoms with E-state index >= 15 is 0 Å². The van der Waals surface area contributed by atoms with Gasteiger partial charge in [0.15, 0.2) is 0 Å². The Morgan fingerprint density at radius 2 is 1.82 bits per heavy atom. The molecule has 0 N–H and O–H groups in total. The summed E-state index contributed by atoms with van der Waals surface area (Å²) in [6.07, 6.45) is 10.5. The van der Waals surface area contributed by atoms with Gasteiger partial charge >= 0.3 is 0 Å². The molecule has 2 aliphatic heterocycles. The van der Waals surface area contributed by atoms with E-state index in [-0.39, 0.29) is 17.9 Å². The number of carbonyl (C=O) groups is 2. The lowest BCUT2D eigenvalue weighted by atomic mass is 9.78. The molecule has 3 aromatic rings. The normalized spacial score (nSPS) is 17.6. The highest BCUT2D eigenvalue weighted by Crippen LogP contribution is 2.36. The molecule has 3 aromatic heterocycles. The van der Waals surface area contributed by atoms with Crippen molar-refractivity contribution in [2.45, 2.75) is 31.7 Å². The Hall–Kier alpha value is -4.64. The van der Waals surface area contributed by atoms with Crippen LogP contribution in [0.15, 0.2) is 43.5 Å². The number of carbonyl (C=O) groups excluding carboxylic acids is 2. The minimum atomic E-state index is -1.08. The van der Waals surface area contributed by atoms with Gasteiger partial charge in [-0.05, 0) is 37.8 Å². The van der Waals surface area contributed by atoms with Crippen molar-refractivity contribution >= 4 is 17.3 Å². The van der Waals surface area contributed by atoms with Crippen LogP contribution in [0.1, 0.15) is 37.3 Å². The van der Waals surface area contributed by atoms with Gasteiger partial charge < -0.3 is 14.5 Å². The zero-order chi connectivity index (χ0) is 26.9. The number of nitriles is 2. The summed E-state index contributed by atoms with van der Waals surface area (Å²) in [4.78, 5) is 28.7. The number of pyridine rings is 1. The van der Waals surface area contributed by atoms with Crippen LogP contribution in [0.5, 0.6) is 5.75 Å². The van der Waals surface area contributed by atoms with Crippen molar-refractivity contribution in [3.8, 4) is 29.0 Å². The van der Waals surface area contributed by atoms with Gasteiger partial charge in [-0.2, -0.15) is 20.7 Å². The molecule has 0 radical (unpaired) electrons. The molecule has 2 aliphatic rings. The number of piperidine rings is 2. The predicted molar refractivity (Wildman–Crippen MR) is 137 cm³/mol. The maximum absolute atomic E-state index is 13.4. The molecule has 194 valence electrons. The summed E-state index contributed by atoms with van der Waals surface area (Å²) < 4.78 is 9.08. The van der Waals surface area contributed by atoms with Crippen LogP contribution in [-0.2, 0) is 9.59 Å². The van der Waals surface area contributed by atoms with Crippen molar-refractivity contribution in [3.63, 3.8) is 0 Å². The number of aromatic nitrogens is 4. The monoisotopic (exact) mass is 512 g/mol. The van der Waals surface area contributed by atoms with E-state index in [1.807, 2.05) is 23.1 Å². The molecule has 0 bridgehead atoms. The third kappa shape index (κ3) is 4.26. The number of ether oxygens (including phenoxy) is 1. The first-order chi connectivity index (χ1) is 18.4. The second kappa shape index (κ2) is 10.0. The third-order valence-electron chi connectivity index (χ3n) is 7.70. The Labute approximate surface area is 220 Å². The zero-order valence-electron chi connectivity index (χ0n) is 21.2. The lowest BCUT2D eigenvalue weighted by molar-refractivity contribution is -0.144. The molecule has 38 heavy (non-hydrogen) atoms. The molecule has 2 saturated heterocycles. The zero-order valence-corrected chi connectivity index (χ0v) is 21.2. The fourth-order valence-electron chi connectivity index (χ4n) is 5.41. The van der Waals surface area contributed by atoms with E-state index in [0.717, 1.165) is 24.0 Å². The highest BCUT2D eigenvalue weighted by molar-refractivity contribution is 5.89. The quantitative estimate of drug-likeness (QED) is 0.480. The van der Waals surface area contributed by atoms with Gasteiger partial charge in [0.25, 0.3) is 0 Å². The van der Waals surface area contributed by atoms with Crippen LogP contribution in [-0.4, -0.2) is 74.3 Å². The van der Waals surface area contributed by atoms with Gasteiger partial charge in [0, 0.05) is 49.7 Å². The van der Waals surface area contributed by atoms with Crippen molar-refractivity contribution < 1.29 is 14.3 Å². The molecule has 0 unspecified atom stereocenters. The molecule has 0 aromatic carbocycles. The van der Waals surface area contributed by atoms with E-state index in [9.17, 15) is 20.1 Å². The number of likely N-dealkylation sites (tertiary alicyclic amines) is 2. The Kier molecular flexibility index (Phi) is 6.60. The smallest absolute Gasteiger partial charge is 0.245 e. The van der Waals surface area contributed by atoms with E-state index in [0.29, 0.717) is 55.9 Å². The summed E-state index contributed by atoms with van der Waals surface area (Å²) in [5.41, 5.74) is 1.73. The SMILES string of the molecule is C=CC(=O)N1CCC(C#N)(C(=O)N2CCC(n3cc(-c4cc(OC)c5c(C#N)cnn5c4)cn3)CC2)CC1. The summed E-state index contributed by atoms with van der Waals surface area (Å²) in [6.45, 7) is 5.36. The summed E-state index contributed by atoms with van der Waals surface area (Å²) in [7, 11) is 1.56. The van der Waals surface area contributed by atoms with E-state index in [1.165, 1.54) is 12.3 Å². The number of methoxy groups -OCH3 is 1. The van der Waals surface area contributed by atoms with Crippen LogP contribution in [0, 0.1) is 28.1 Å². The molecule has 0 aliphatic carbocycles. The molecule has 11 nitrogen and oxygen atoms in total. The van der Waals surface area contributed by atoms with Gasteiger partial charge in [-0.15, -0.1) is 0 Å². The van der Waals surface area contributed by atoms with Crippen molar-refractivity contribution in [1.82, 2.24) is 29.2 Å². The van der Waals surface area contributed by atoms with Gasteiger partial charge in [0.1, 0.15) is 28.3 Å². The standard InChI is InChI=1S/C27H28N8O3/c1-3-24(36)32-10-6-27(18-29,7-11-32)26(37)33-8-4-22(5-9-33)34-17-21(15-30-34)19-12-23(38-2)25-20(13-28)14-31-35(25)16-19/h3,12,14-17,22H,1,4-11H2,2H3. The van der Waals surface area contributed by atoms with Crippen LogP contribution in [0.2, 0.25) is 0 Å². The Morgan fingerprint density at radius 1 is 1.08 bits per heavy atom. The van der Waals surface area contributed by atoms with Crippen LogP contribution in [0.4, 0.5) is 0 Å². The molecule has 0 spiro atoms. The number of fused-ring (bicyclic) bond motifs is 1. The van der Waals surface area contributed by atoms with Crippen LogP contribution >= 0.6 is 0 Å². The lowest BCUT2D eigenvalue weighted by Crippen LogP contribution is -2.52. The van der Waals surface area contributed by atoms with Crippen molar-refractivity contribution in [1.29, 1.82) is 10.5 Å². The fourth-order valence-corrected chi connectivity index (χ4v) is 5.41. The maximum atomic E-state index is 13.4. The average Bonchev–Trinajstić information content (AvgIpc) is 3.63. The molecule has 5 rings (SSSR count). The van der Waals surface area contributed by atoms with Gasteiger partial charge in [0.2, 0.25) is 11.8 Å². The maximum Gasteiger partial charge on any atom is 0.245 e. The first-order valence-electron chi connectivity index (χ1n) is 12.5. The molecular weight excluding hydrogens is 484 g/mol. The first-order valence-corrected chi connectivity index (χ1v) is 12.5. The number of amides is 2. The van der Waals surface area contributed by atoms with Crippen molar-refractivity contribution in [3.05, 3.63) is 49.1 Å². The van der Waals surface area contributed by atoms with E-state index < -0.39 is 5.41 Å². The topological polar surface area (TPSA) is 133 Å². The van der Waals surface area contributed by atoms with Crippen LogP contribution in [0.25, 0.3) is 16.6 Å². The number of rotatable bonds is 5. The summed E-state index contributed by atoms with van der Waals surface area (Å²) in [5.74, 6) is 0.252. The second-order valence-corrected chi connectivity index (χ2v) is 9.72. The average molecular weight is 513 g/mol. The molecule has 5 heterocycles. The summed E-state index contributed by atoms with van der Waals surface area (Å²) >= 11 is 0. The summed E-state index contributed by atoms with van der Waals surface area (Å²) in [6, 6.07) is 6.40. The third-order valence-corrected chi connectivity index (χ3v) is 7.70. The van der Waals surface area contributed by atoms with E-state index in [1.54, 1.807) is 27.6 Å². The Morgan fingerprint density at radius 3 is 2.45 bits per heavy atom. The highest BCUT2D eigenvalue weighted by Gasteiger charge is 2.45. The second-order valence-electron chi connectivity index (χ2n) is 9.72. The molecule has 2 fully saturated rings. The summed E-state index contributed by atoms with van der Waals surface area (Å²) in [5, 5.41) is 28.1. The fraction of sp³-hybridized carbons (Fsp3) is 0.407. The number of hydrogen-bond donors (Lipinski definition) is 0. The van der Waals surface area contributed by atoms with Crippen molar-refractivity contribution in [2.24, 2.45) is 5.41 Å². The number of hydrogen-bond acceptors (Lipinski definition) is 7. The molecule has 0 saturated carbocycles. The Bertz CT molecular complexity index is 1470. The van der Waals surface area contributed by atoms with Crippen LogP contribution in [0.3, 0.4) is 0 Å². The lowest BCUT2D eigenvalue weighted by Gasteiger charge is -2.40. The Balaban J connectivity index is 1.26. The molecular formula is C27H28N8O3. The molecule has 2 amide bonds. The largest absolute Gasteiger partial charge is 0.494 e. The first kappa shape index (κ1) is 25.0. The van der Waals surface area contributed by atoms with Gasteiger partial charge in [-0.1, -0.05) is 6.58 Å². The molecule has 0 atom stereocenters. The predicted octanol–water partition coefficient (Wildman–Crippen LogP) is 2.56. The van der Waals surface area contributed by atoms with E-state index in [4.69, 9.17) is 4.74 Å². The molecule has 11 heteroatoms.